The molecule has 3 rings (SSSR count). The number of hydrogen-bond acceptors (Lipinski definition) is 6. The molecule has 0 aromatic carbocycles. The second kappa shape index (κ2) is 6.94. The largest absolute Gasteiger partial charge is 0.483 e. The molecule has 0 amide bonds. The number of aromatic nitrogens is 5. The predicted molar refractivity (Wildman–Crippen MR) is 72.3 cm³/mol. The Hall–Kier alpha value is -3.03. The van der Waals surface area contributed by atoms with Gasteiger partial charge in [-0.05, 0) is 6.92 Å². The first kappa shape index (κ1) is 14.4. The molecule has 21 heavy (non-hydrogen) atoms. The molecule has 0 bridgehead atoms. The van der Waals surface area contributed by atoms with Gasteiger partial charge >= 0.3 is 0 Å². The Labute approximate surface area is 120 Å². The predicted octanol–water partition coefficient (Wildman–Crippen LogP) is 1.39. The summed E-state index contributed by atoms with van der Waals surface area (Å²) >= 11 is 0. The third-order valence-corrected chi connectivity index (χ3v) is 2.54. The van der Waals surface area contributed by atoms with Gasteiger partial charge in [0.05, 0.1) is 12.1 Å². The second-order valence-electron chi connectivity index (χ2n) is 4.04. The van der Waals surface area contributed by atoms with Crippen molar-refractivity contribution in [3.63, 3.8) is 0 Å². The molecule has 8 nitrogen and oxygen atoms in total. The normalized spacial score (nSPS) is 9.76. The number of nitrogens with zero attached hydrogens (tertiary/aromatic N) is 5. The number of hydrogen-bond donors (Lipinski definition) is 1. The molecule has 3 aromatic rings. The first-order valence-electron chi connectivity index (χ1n) is 6.01. The molecule has 1 N–H and O–H groups in total. The molecule has 0 aliphatic heterocycles. The lowest BCUT2D eigenvalue weighted by Gasteiger charge is -2.04. The van der Waals surface area contributed by atoms with Crippen LogP contribution in [0.15, 0.2) is 41.7 Å². The molecule has 0 atom stereocenters. The van der Waals surface area contributed by atoms with Crippen molar-refractivity contribution < 1.29 is 14.4 Å². The van der Waals surface area contributed by atoms with E-state index in [0.29, 0.717) is 6.54 Å². The topological polar surface area (TPSA) is 107 Å². The van der Waals surface area contributed by atoms with Crippen molar-refractivity contribution in [1.29, 1.82) is 0 Å². The van der Waals surface area contributed by atoms with Gasteiger partial charge in [-0.3, -0.25) is 4.79 Å². The van der Waals surface area contributed by atoms with Crippen LogP contribution in [0.3, 0.4) is 0 Å². The van der Waals surface area contributed by atoms with Crippen molar-refractivity contribution in [2.75, 3.05) is 0 Å². The first-order chi connectivity index (χ1) is 10.2. The van der Waals surface area contributed by atoms with Crippen molar-refractivity contribution in [3.05, 3.63) is 48.6 Å². The van der Waals surface area contributed by atoms with Gasteiger partial charge in [0.1, 0.15) is 23.6 Å². The monoisotopic (exact) mass is 287 g/mol. The molecule has 0 fully saturated rings. The summed E-state index contributed by atoms with van der Waals surface area (Å²) in [4.78, 5) is 20.7. The van der Waals surface area contributed by atoms with Crippen molar-refractivity contribution in [2.24, 2.45) is 0 Å². The molecule has 0 aliphatic carbocycles. The number of rotatable bonds is 3. The van der Waals surface area contributed by atoms with Gasteiger partial charge in [-0.1, -0.05) is 5.16 Å². The molecule has 3 aromatic heterocycles. The second-order valence-corrected chi connectivity index (χ2v) is 4.04. The lowest BCUT2D eigenvalue weighted by atomic mass is 10.3. The lowest BCUT2D eigenvalue weighted by Crippen LogP contribution is -2.01. The zero-order valence-electron chi connectivity index (χ0n) is 11.2. The van der Waals surface area contributed by atoms with Crippen LogP contribution in [-0.4, -0.2) is 36.3 Å². The number of carboxylic acid groups (broad SMARTS) is 1. The molecule has 8 heteroatoms. The highest BCUT2D eigenvalue weighted by Gasteiger charge is 2.08. The van der Waals surface area contributed by atoms with Crippen LogP contribution >= 0.6 is 0 Å². The molecular weight excluding hydrogens is 274 g/mol. The van der Waals surface area contributed by atoms with E-state index in [2.05, 4.69) is 20.1 Å². The fraction of sp³-hybridized carbons (Fsp3) is 0.154. The van der Waals surface area contributed by atoms with E-state index in [1.165, 1.54) is 6.33 Å². The summed E-state index contributed by atoms with van der Waals surface area (Å²) in [5.41, 5.74) is 1.74. The van der Waals surface area contributed by atoms with Gasteiger partial charge in [0, 0.05) is 30.9 Å². The summed E-state index contributed by atoms with van der Waals surface area (Å²) in [5, 5.41) is 10.9. The smallest absolute Gasteiger partial charge is 0.290 e. The van der Waals surface area contributed by atoms with Gasteiger partial charge in [0.15, 0.2) is 0 Å². The maximum Gasteiger partial charge on any atom is 0.290 e. The van der Waals surface area contributed by atoms with Crippen molar-refractivity contribution in [1.82, 2.24) is 24.7 Å². The SMILES string of the molecule is Cc1cc(Cn2ccnc2-c2cncnc2)no1.O=CO. The van der Waals surface area contributed by atoms with Crippen LogP contribution in [0.4, 0.5) is 0 Å². The third-order valence-electron chi connectivity index (χ3n) is 2.54. The zero-order chi connectivity index (χ0) is 15.1. The van der Waals surface area contributed by atoms with E-state index in [9.17, 15) is 0 Å². The first-order valence-corrected chi connectivity index (χ1v) is 6.01. The molecule has 0 saturated heterocycles. The van der Waals surface area contributed by atoms with Gasteiger partial charge < -0.3 is 14.2 Å². The Kier molecular flexibility index (Phi) is 4.75. The maximum atomic E-state index is 8.36. The van der Waals surface area contributed by atoms with Crippen LogP contribution < -0.4 is 0 Å². The fourth-order valence-electron chi connectivity index (χ4n) is 1.78. The minimum atomic E-state index is -0.250. The number of imidazole rings is 1. The number of carbonyl (C=O) groups is 1. The summed E-state index contributed by atoms with van der Waals surface area (Å²) in [6.07, 6.45) is 8.61. The van der Waals surface area contributed by atoms with E-state index in [1.54, 1.807) is 18.6 Å². The highest BCUT2D eigenvalue weighted by molar-refractivity contribution is 5.52. The third kappa shape index (κ3) is 3.72. The Bertz CT molecular complexity index is 693. The molecule has 0 saturated carbocycles. The maximum absolute atomic E-state index is 8.36. The van der Waals surface area contributed by atoms with E-state index in [0.717, 1.165) is 22.8 Å². The summed E-state index contributed by atoms with van der Waals surface area (Å²) in [7, 11) is 0. The molecule has 0 radical (unpaired) electrons. The molecule has 0 unspecified atom stereocenters. The summed E-state index contributed by atoms with van der Waals surface area (Å²) < 4.78 is 7.03. The Morgan fingerprint density at radius 3 is 2.71 bits per heavy atom. The van der Waals surface area contributed by atoms with Crippen LogP contribution in [0.2, 0.25) is 0 Å². The van der Waals surface area contributed by atoms with E-state index >= 15 is 0 Å². The quantitative estimate of drug-likeness (QED) is 0.725. The average molecular weight is 287 g/mol. The van der Waals surface area contributed by atoms with Crippen LogP contribution in [0.1, 0.15) is 11.5 Å². The van der Waals surface area contributed by atoms with E-state index < -0.39 is 0 Å². The van der Waals surface area contributed by atoms with E-state index in [4.69, 9.17) is 14.4 Å². The van der Waals surface area contributed by atoms with Gasteiger partial charge in [0.25, 0.3) is 6.47 Å². The Morgan fingerprint density at radius 2 is 2.10 bits per heavy atom. The molecule has 0 spiro atoms. The minimum absolute atomic E-state index is 0.250. The van der Waals surface area contributed by atoms with Gasteiger partial charge in [0.2, 0.25) is 0 Å². The van der Waals surface area contributed by atoms with Crippen LogP contribution in [0.25, 0.3) is 11.4 Å². The van der Waals surface area contributed by atoms with E-state index in [1.807, 2.05) is 23.8 Å². The standard InChI is InChI=1S/C12H11N5O.CH2O2/c1-9-4-11(16-18-9)7-17-3-2-15-12(17)10-5-13-8-14-6-10;2-1-3/h2-6,8H,7H2,1H3;1H,(H,2,3). The van der Waals surface area contributed by atoms with Crippen molar-refractivity contribution in [3.8, 4) is 11.4 Å². The van der Waals surface area contributed by atoms with Gasteiger partial charge in [-0.2, -0.15) is 0 Å². The van der Waals surface area contributed by atoms with Crippen LogP contribution in [-0.2, 0) is 11.3 Å². The fourth-order valence-corrected chi connectivity index (χ4v) is 1.78. The van der Waals surface area contributed by atoms with E-state index in [-0.39, 0.29) is 6.47 Å². The Morgan fingerprint density at radius 1 is 1.38 bits per heavy atom. The highest BCUT2D eigenvalue weighted by Crippen LogP contribution is 2.16. The zero-order valence-corrected chi connectivity index (χ0v) is 11.2. The highest BCUT2D eigenvalue weighted by atomic mass is 16.5. The summed E-state index contributed by atoms with van der Waals surface area (Å²) in [6.45, 7) is 2.23. The van der Waals surface area contributed by atoms with Crippen LogP contribution in [0.5, 0.6) is 0 Å². The van der Waals surface area contributed by atoms with Gasteiger partial charge in [-0.15, -0.1) is 0 Å². The molecular formula is C13H13N5O3. The lowest BCUT2D eigenvalue weighted by molar-refractivity contribution is -0.122. The molecule has 3 heterocycles. The van der Waals surface area contributed by atoms with Crippen molar-refractivity contribution >= 4 is 6.47 Å². The van der Waals surface area contributed by atoms with Gasteiger partial charge in [-0.25, -0.2) is 15.0 Å². The average Bonchev–Trinajstić information content (AvgIpc) is 3.10. The van der Waals surface area contributed by atoms with Crippen molar-refractivity contribution in [2.45, 2.75) is 13.5 Å². The number of aryl methyl sites for hydroxylation is 1. The molecule has 108 valence electrons. The molecule has 0 aliphatic rings. The minimum Gasteiger partial charge on any atom is -0.483 e. The van der Waals surface area contributed by atoms with Crippen LogP contribution in [0, 0.1) is 6.92 Å². The summed E-state index contributed by atoms with van der Waals surface area (Å²) in [5.74, 6) is 1.62. The Balaban J connectivity index is 0.000000497. The summed E-state index contributed by atoms with van der Waals surface area (Å²) in [6, 6.07) is 1.91.